The van der Waals surface area contributed by atoms with Gasteiger partial charge in [-0.05, 0) is 68.8 Å². The first kappa shape index (κ1) is 30.1. The molecule has 2 heterocycles. The average molecular weight is 580 g/mol. The second-order valence-corrected chi connectivity index (χ2v) is 9.77. The number of imidazole rings is 1. The predicted molar refractivity (Wildman–Crippen MR) is 150 cm³/mol. The minimum atomic E-state index is -1.25. The van der Waals surface area contributed by atoms with E-state index >= 15 is 0 Å². The summed E-state index contributed by atoms with van der Waals surface area (Å²) in [5.41, 5.74) is 1.45. The molecule has 13 heteroatoms. The Kier molecular flexibility index (Phi) is 9.82. The highest BCUT2D eigenvalue weighted by molar-refractivity contribution is 6.03. The summed E-state index contributed by atoms with van der Waals surface area (Å²) in [6.45, 7) is 3.53. The zero-order chi connectivity index (χ0) is 30.2. The summed E-state index contributed by atoms with van der Waals surface area (Å²) in [5.74, 6) is -3.82. The van der Waals surface area contributed by atoms with Crippen LogP contribution in [0.15, 0.2) is 36.5 Å². The largest absolute Gasteiger partial charge is 0.476 e. The summed E-state index contributed by atoms with van der Waals surface area (Å²) >= 11 is 0. The number of nitrogens with one attached hydrogen (secondary N) is 4. The van der Waals surface area contributed by atoms with Crippen molar-refractivity contribution >= 4 is 23.4 Å². The minimum Gasteiger partial charge on any atom is -0.476 e. The van der Waals surface area contributed by atoms with E-state index in [0.29, 0.717) is 23.4 Å². The zero-order valence-electron chi connectivity index (χ0n) is 23.2. The molecule has 1 fully saturated rings. The molecule has 11 nitrogen and oxygen atoms in total. The molecule has 1 aromatic heterocycles. The molecule has 0 spiro atoms. The summed E-state index contributed by atoms with van der Waals surface area (Å²) in [7, 11) is 1.49. The van der Waals surface area contributed by atoms with Crippen molar-refractivity contribution in [3.8, 4) is 23.1 Å². The third-order valence-electron chi connectivity index (χ3n) is 6.95. The minimum absolute atomic E-state index is 0.00123. The van der Waals surface area contributed by atoms with E-state index in [2.05, 4.69) is 26.3 Å². The molecule has 0 atom stereocenters. The van der Waals surface area contributed by atoms with E-state index in [1.807, 2.05) is 0 Å². The van der Waals surface area contributed by atoms with Gasteiger partial charge in [0.25, 0.3) is 11.8 Å². The van der Waals surface area contributed by atoms with Crippen molar-refractivity contribution < 1.29 is 27.9 Å². The molecule has 3 aromatic rings. The molecule has 1 saturated heterocycles. The molecule has 0 saturated carbocycles. The molecule has 0 radical (unpaired) electrons. The third kappa shape index (κ3) is 6.90. The summed E-state index contributed by atoms with van der Waals surface area (Å²) in [6, 6.07) is 8.93. The topological polar surface area (TPSA) is 150 Å². The third-order valence-corrected chi connectivity index (χ3v) is 6.95. The number of ether oxygens (including phenoxy) is 1. The van der Waals surface area contributed by atoms with Gasteiger partial charge in [0, 0.05) is 42.9 Å². The number of aryl methyl sites for hydroxylation is 1. The quantitative estimate of drug-likeness (QED) is 0.270. The van der Waals surface area contributed by atoms with Crippen LogP contribution in [0.3, 0.4) is 0 Å². The lowest BCUT2D eigenvalue weighted by molar-refractivity contribution is -0.125. The highest BCUT2D eigenvalue weighted by Gasteiger charge is 2.22. The molecule has 0 aliphatic carbocycles. The van der Waals surface area contributed by atoms with Gasteiger partial charge in [-0.1, -0.05) is 0 Å². The standard InChI is InChI=1S/C29H31F2N7O4/c1-17-15-19(3-4-20(17)28(40)35-13-12-34-27(39)18-7-10-33-11-8-18)37-29(41)26-36-16-22(38(26)2)21-5-6-23(42-14-9-32)25(31)24(21)30/h3-6,15-16,18,33H,7-8,10-14H2,1-2H3,(H,34,39)(H,35,40)(H,37,41). The first-order valence-electron chi connectivity index (χ1n) is 13.4. The van der Waals surface area contributed by atoms with Crippen molar-refractivity contribution in [2.24, 2.45) is 13.0 Å². The average Bonchev–Trinajstić information content (AvgIpc) is 3.37. The fraction of sp³-hybridized carbons (Fsp3) is 0.345. The van der Waals surface area contributed by atoms with Crippen molar-refractivity contribution in [1.82, 2.24) is 25.5 Å². The number of nitriles is 1. The van der Waals surface area contributed by atoms with E-state index in [1.54, 1.807) is 31.2 Å². The zero-order valence-corrected chi connectivity index (χ0v) is 23.2. The number of aromatic nitrogens is 2. The SMILES string of the molecule is Cc1cc(NC(=O)c2ncc(-c3ccc(OCC#N)c(F)c3F)n2C)ccc1C(=O)NCCNC(=O)C1CCNCC1. The number of rotatable bonds is 10. The van der Waals surface area contributed by atoms with Crippen molar-refractivity contribution in [3.05, 3.63) is 65.1 Å². The molecule has 4 N–H and O–H groups in total. The Balaban J connectivity index is 1.35. The van der Waals surface area contributed by atoms with Crippen LogP contribution in [0.25, 0.3) is 11.3 Å². The summed E-state index contributed by atoms with van der Waals surface area (Å²) < 4.78 is 35.3. The maximum atomic E-state index is 14.7. The van der Waals surface area contributed by atoms with Crippen LogP contribution in [0, 0.1) is 35.8 Å². The fourth-order valence-corrected chi connectivity index (χ4v) is 4.69. The van der Waals surface area contributed by atoms with Crippen molar-refractivity contribution in [1.29, 1.82) is 5.26 Å². The number of nitrogens with zero attached hydrogens (tertiary/aromatic N) is 3. The molecule has 3 amide bonds. The lowest BCUT2D eigenvalue weighted by atomic mass is 9.97. The molecule has 42 heavy (non-hydrogen) atoms. The van der Waals surface area contributed by atoms with Crippen LogP contribution in [0.4, 0.5) is 14.5 Å². The summed E-state index contributed by atoms with van der Waals surface area (Å²) in [5, 5.41) is 20.2. The number of amides is 3. The van der Waals surface area contributed by atoms with E-state index in [0.717, 1.165) is 25.9 Å². The molecule has 220 valence electrons. The van der Waals surface area contributed by atoms with Gasteiger partial charge < -0.3 is 30.6 Å². The number of piperidine rings is 1. The molecular formula is C29H31F2N7O4. The van der Waals surface area contributed by atoms with E-state index in [-0.39, 0.29) is 41.4 Å². The first-order chi connectivity index (χ1) is 20.2. The van der Waals surface area contributed by atoms with Gasteiger partial charge in [-0.3, -0.25) is 14.4 Å². The van der Waals surface area contributed by atoms with Gasteiger partial charge in [-0.25, -0.2) is 9.37 Å². The Bertz CT molecular complexity index is 1530. The molecule has 1 aliphatic rings. The van der Waals surface area contributed by atoms with E-state index in [1.165, 1.54) is 29.9 Å². The molecule has 1 aliphatic heterocycles. The van der Waals surface area contributed by atoms with Gasteiger partial charge in [0.15, 0.2) is 24.0 Å². The van der Waals surface area contributed by atoms with Crippen LogP contribution in [-0.2, 0) is 11.8 Å². The van der Waals surface area contributed by atoms with E-state index in [9.17, 15) is 23.2 Å². The number of carbonyl (C=O) groups is 3. The molecule has 0 bridgehead atoms. The lowest BCUT2D eigenvalue weighted by Gasteiger charge is -2.21. The van der Waals surface area contributed by atoms with Gasteiger partial charge >= 0.3 is 0 Å². The van der Waals surface area contributed by atoms with Gasteiger partial charge in [-0.2, -0.15) is 9.65 Å². The van der Waals surface area contributed by atoms with E-state index < -0.39 is 29.9 Å². The van der Waals surface area contributed by atoms with Crippen molar-refractivity contribution in [2.75, 3.05) is 38.1 Å². The summed E-state index contributed by atoms with van der Waals surface area (Å²) in [6.07, 6.45) is 2.85. The first-order valence-corrected chi connectivity index (χ1v) is 13.4. The lowest BCUT2D eigenvalue weighted by Crippen LogP contribution is -2.41. The van der Waals surface area contributed by atoms with Crippen LogP contribution < -0.4 is 26.0 Å². The Morgan fingerprint density at radius 1 is 1.10 bits per heavy atom. The maximum Gasteiger partial charge on any atom is 0.291 e. The van der Waals surface area contributed by atoms with Crippen LogP contribution in [0.1, 0.15) is 39.4 Å². The Morgan fingerprint density at radius 2 is 1.83 bits per heavy atom. The van der Waals surface area contributed by atoms with Crippen LogP contribution >= 0.6 is 0 Å². The number of hydrogen-bond acceptors (Lipinski definition) is 7. The smallest absolute Gasteiger partial charge is 0.291 e. The normalized spacial score (nSPS) is 13.2. The Hall–Kier alpha value is -4.83. The number of anilines is 1. The van der Waals surface area contributed by atoms with Crippen LogP contribution in [0.2, 0.25) is 0 Å². The van der Waals surface area contributed by atoms with Gasteiger partial charge in [-0.15, -0.1) is 0 Å². The molecule has 4 rings (SSSR count). The van der Waals surface area contributed by atoms with Crippen LogP contribution in [-0.4, -0.2) is 60.1 Å². The van der Waals surface area contributed by atoms with Crippen molar-refractivity contribution in [3.63, 3.8) is 0 Å². The monoisotopic (exact) mass is 579 g/mol. The molecule has 2 aromatic carbocycles. The molecule has 0 unspecified atom stereocenters. The Morgan fingerprint density at radius 3 is 2.55 bits per heavy atom. The van der Waals surface area contributed by atoms with E-state index in [4.69, 9.17) is 10.00 Å². The number of carbonyl (C=O) groups excluding carboxylic acids is 3. The van der Waals surface area contributed by atoms with Crippen molar-refractivity contribution in [2.45, 2.75) is 19.8 Å². The number of hydrogen-bond donors (Lipinski definition) is 4. The fourth-order valence-electron chi connectivity index (χ4n) is 4.69. The summed E-state index contributed by atoms with van der Waals surface area (Å²) in [4.78, 5) is 41.9. The predicted octanol–water partition coefficient (Wildman–Crippen LogP) is 2.67. The van der Waals surface area contributed by atoms with Gasteiger partial charge in [0.2, 0.25) is 11.7 Å². The second kappa shape index (κ2) is 13.7. The second-order valence-electron chi connectivity index (χ2n) is 9.77. The molecular weight excluding hydrogens is 548 g/mol. The highest BCUT2D eigenvalue weighted by atomic mass is 19.2. The number of benzene rings is 2. The van der Waals surface area contributed by atoms with Gasteiger partial charge in [0.1, 0.15) is 6.07 Å². The Labute approximate surface area is 241 Å². The highest BCUT2D eigenvalue weighted by Crippen LogP contribution is 2.30. The van der Waals surface area contributed by atoms with Crippen LogP contribution in [0.5, 0.6) is 5.75 Å². The van der Waals surface area contributed by atoms with Gasteiger partial charge in [0.05, 0.1) is 11.9 Å². The maximum absolute atomic E-state index is 14.7. The number of halogens is 2.